The van der Waals surface area contributed by atoms with Gasteiger partial charge in [-0.05, 0) is 6.42 Å². The smallest absolute Gasteiger partial charge is 0.163 e. The third-order valence-electron chi connectivity index (χ3n) is 2.89. The molecule has 0 aliphatic carbocycles. The second-order valence-corrected chi connectivity index (χ2v) is 5.35. The van der Waals surface area contributed by atoms with Crippen LogP contribution in [0.4, 0.5) is 5.82 Å². The predicted molar refractivity (Wildman–Crippen MR) is 75.1 cm³/mol. The van der Waals surface area contributed by atoms with Crippen LogP contribution >= 0.6 is 11.3 Å². The van der Waals surface area contributed by atoms with E-state index in [1.165, 1.54) is 4.88 Å². The molecule has 1 N–H and O–H groups in total. The minimum absolute atomic E-state index is 0.672. The summed E-state index contributed by atoms with van der Waals surface area (Å²) >= 11 is 1.72. The van der Waals surface area contributed by atoms with E-state index in [2.05, 4.69) is 32.3 Å². The highest BCUT2D eigenvalue weighted by molar-refractivity contribution is 7.11. The fourth-order valence-electron chi connectivity index (χ4n) is 1.86. The van der Waals surface area contributed by atoms with Crippen LogP contribution < -0.4 is 5.32 Å². The van der Waals surface area contributed by atoms with Crippen LogP contribution in [0.3, 0.4) is 0 Å². The van der Waals surface area contributed by atoms with Crippen LogP contribution in [0.5, 0.6) is 0 Å². The molecule has 0 aliphatic rings. The van der Waals surface area contributed by atoms with Crippen molar-refractivity contribution in [2.24, 2.45) is 7.05 Å². The van der Waals surface area contributed by atoms with Crippen LogP contribution in [0.15, 0.2) is 18.7 Å². The summed E-state index contributed by atoms with van der Waals surface area (Å²) in [4.78, 5) is 14.2. The lowest BCUT2D eigenvalue weighted by molar-refractivity contribution is 0.785. The van der Waals surface area contributed by atoms with Gasteiger partial charge in [0.2, 0.25) is 0 Å². The molecule has 3 rings (SSSR count). The van der Waals surface area contributed by atoms with E-state index in [0.29, 0.717) is 6.54 Å². The van der Waals surface area contributed by atoms with Gasteiger partial charge in [-0.1, -0.05) is 6.92 Å². The largest absolute Gasteiger partial charge is 0.363 e. The van der Waals surface area contributed by atoms with E-state index < -0.39 is 0 Å². The third-order valence-corrected chi connectivity index (χ3v) is 4.03. The van der Waals surface area contributed by atoms with Gasteiger partial charge in [-0.25, -0.2) is 15.0 Å². The quantitative estimate of drug-likeness (QED) is 0.788. The van der Waals surface area contributed by atoms with Gasteiger partial charge in [0.25, 0.3) is 0 Å². The van der Waals surface area contributed by atoms with Crippen LogP contribution in [-0.2, 0) is 20.0 Å². The number of aromatic nitrogens is 5. The van der Waals surface area contributed by atoms with E-state index in [4.69, 9.17) is 0 Å². The number of fused-ring (bicyclic) bond motifs is 1. The van der Waals surface area contributed by atoms with Crippen molar-refractivity contribution in [3.63, 3.8) is 0 Å². The van der Waals surface area contributed by atoms with E-state index in [0.717, 1.165) is 28.3 Å². The number of anilines is 1. The number of thiazole rings is 1. The second-order valence-electron chi connectivity index (χ2n) is 4.16. The highest BCUT2D eigenvalue weighted by atomic mass is 32.1. The van der Waals surface area contributed by atoms with Gasteiger partial charge < -0.3 is 5.32 Å². The molecule has 3 aromatic rings. The van der Waals surface area contributed by atoms with Gasteiger partial charge in [-0.15, -0.1) is 11.3 Å². The highest BCUT2D eigenvalue weighted by Gasteiger charge is 2.08. The molecule has 0 saturated carbocycles. The van der Waals surface area contributed by atoms with Crippen LogP contribution in [0.1, 0.15) is 16.8 Å². The summed E-state index contributed by atoms with van der Waals surface area (Å²) in [7, 11) is 1.87. The van der Waals surface area contributed by atoms with Crippen molar-refractivity contribution in [1.82, 2.24) is 24.7 Å². The fraction of sp³-hybridized carbons (Fsp3) is 0.333. The molecule has 0 saturated heterocycles. The van der Waals surface area contributed by atoms with E-state index >= 15 is 0 Å². The molecule has 0 atom stereocenters. The van der Waals surface area contributed by atoms with Crippen molar-refractivity contribution in [1.29, 1.82) is 0 Å². The minimum atomic E-state index is 0.672. The molecule has 3 heterocycles. The Morgan fingerprint density at radius 3 is 2.95 bits per heavy atom. The minimum Gasteiger partial charge on any atom is -0.363 e. The molecule has 6 nitrogen and oxygen atoms in total. The zero-order chi connectivity index (χ0) is 13.2. The molecular formula is C12H14N6S. The van der Waals surface area contributed by atoms with Gasteiger partial charge in [0, 0.05) is 18.1 Å². The molecule has 3 aromatic heterocycles. The predicted octanol–water partition coefficient (Wildman–Crippen LogP) is 1.99. The Balaban J connectivity index is 1.81. The number of hydrogen-bond donors (Lipinski definition) is 1. The van der Waals surface area contributed by atoms with Crippen molar-refractivity contribution in [2.75, 3.05) is 5.32 Å². The van der Waals surface area contributed by atoms with Crippen molar-refractivity contribution < 1.29 is 0 Å². The van der Waals surface area contributed by atoms with Crippen molar-refractivity contribution in [2.45, 2.75) is 19.9 Å². The van der Waals surface area contributed by atoms with Gasteiger partial charge in [-0.2, -0.15) is 5.10 Å². The number of rotatable bonds is 4. The summed E-state index contributed by atoms with van der Waals surface area (Å²) in [6, 6.07) is 0. The Morgan fingerprint density at radius 1 is 1.26 bits per heavy atom. The SMILES string of the molecule is CCc1cnc(CNc2ncnc3c2cnn3C)s1. The lowest BCUT2D eigenvalue weighted by Gasteiger charge is -2.03. The zero-order valence-corrected chi connectivity index (χ0v) is 11.6. The summed E-state index contributed by atoms with van der Waals surface area (Å²) < 4.78 is 1.74. The molecule has 19 heavy (non-hydrogen) atoms. The first-order valence-electron chi connectivity index (χ1n) is 6.08. The standard InChI is InChI=1S/C12H14N6S/c1-3-8-4-13-10(19-8)6-14-11-9-5-17-18(2)12(9)16-7-15-11/h4-5,7H,3,6H2,1-2H3,(H,14,15,16). The molecule has 0 unspecified atom stereocenters. The van der Waals surface area contributed by atoms with Gasteiger partial charge >= 0.3 is 0 Å². The summed E-state index contributed by atoms with van der Waals surface area (Å²) in [6.07, 6.45) is 6.28. The number of nitrogens with one attached hydrogen (secondary N) is 1. The van der Waals surface area contributed by atoms with Crippen LogP contribution in [0, 0.1) is 0 Å². The van der Waals surface area contributed by atoms with Crippen molar-refractivity contribution in [3.8, 4) is 0 Å². The third kappa shape index (κ3) is 2.28. The van der Waals surface area contributed by atoms with E-state index in [-0.39, 0.29) is 0 Å². The maximum Gasteiger partial charge on any atom is 0.163 e. The monoisotopic (exact) mass is 274 g/mol. The van der Waals surface area contributed by atoms with Crippen LogP contribution in [0.2, 0.25) is 0 Å². The Kier molecular flexibility index (Phi) is 3.12. The molecule has 98 valence electrons. The Labute approximate surface area is 114 Å². The molecule has 7 heteroatoms. The Bertz CT molecular complexity index is 701. The Hall–Kier alpha value is -2.02. The Morgan fingerprint density at radius 2 is 2.16 bits per heavy atom. The first-order chi connectivity index (χ1) is 9.28. The van der Waals surface area contributed by atoms with Crippen molar-refractivity contribution in [3.05, 3.63) is 28.6 Å². The molecule has 0 bridgehead atoms. The lowest BCUT2D eigenvalue weighted by Crippen LogP contribution is -2.02. The van der Waals surface area contributed by atoms with Crippen LogP contribution in [0.25, 0.3) is 11.0 Å². The van der Waals surface area contributed by atoms with Gasteiger partial charge in [0.05, 0.1) is 18.1 Å². The maximum absolute atomic E-state index is 4.38. The summed E-state index contributed by atoms with van der Waals surface area (Å²) in [5, 5.41) is 9.48. The molecule has 0 amide bonds. The van der Waals surface area contributed by atoms with Gasteiger partial charge in [0.15, 0.2) is 5.65 Å². The topological polar surface area (TPSA) is 68.5 Å². The number of nitrogens with zero attached hydrogens (tertiary/aromatic N) is 5. The normalized spacial score (nSPS) is 11.1. The zero-order valence-electron chi connectivity index (χ0n) is 10.8. The summed E-state index contributed by atoms with van der Waals surface area (Å²) in [6.45, 7) is 2.81. The van der Waals surface area contributed by atoms with E-state index in [1.54, 1.807) is 28.5 Å². The molecule has 0 radical (unpaired) electrons. The molecular weight excluding hydrogens is 260 g/mol. The molecule has 0 fully saturated rings. The van der Waals surface area contributed by atoms with E-state index in [9.17, 15) is 0 Å². The second kappa shape index (κ2) is 4.93. The van der Waals surface area contributed by atoms with Gasteiger partial charge in [0.1, 0.15) is 17.2 Å². The first kappa shape index (κ1) is 12.0. The first-order valence-corrected chi connectivity index (χ1v) is 6.89. The number of hydrogen-bond acceptors (Lipinski definition) is 6. The summed E-state index contributed by atoms with van der Waals surface area (Å²) in [5.41, 5.74) is 0.825. The van der Waals surface area contributed by atoms with Crippen LogP contribution in [-0.4, -0.2) is 24.7 Å². The molecule has 0 spiro atoms. The van der Waals surface area contributed by atoms with Crippen molar-refractivity contribution >= 4 is 28.2 Å². The maximum atomic E-state index is 4.38. The number of aryl methyl sites for hydroxylation is 2. The highest BCUT2D eigenvalue weighted by Crippen LogP contribution is 2.20. The van der Waals surface area contributed by atoms with Gasteiger partial charge in [-0.3, -0.25) is 4.68 Å². The van der Waals surface area contributed by atoms with E-state index in [1.807, 2.05) is 13.2 Å². The molecule has 0 aromatic carbocycles. The average Bonchev–Trinajstić information content (AvgIpc) is 3.04. The summed E-state index contributed by atoms with van der Waals surface area (Å²) in [5.74, 6) is 0.798. The lowest BCUT2D eigenvalue weighted by atomic mass is 10.4. The fourth-order valence-corrected chi connectivity index (χ4v) is 2.66. The average molecular weight is 274 g/mol. The molecule has 0 aliphatic heterocycles.